The molecule has 1 amide bonds. The van der Waals surface area contributed by atoms with Crippen molar-refractivity contribution in [3.05, 3.63) is 0 Å². The van der Waals surface area contributed by atoms with Gasteiger partial charge >= 0.3 is 5.97 Å². The Kier molecular flexibility index (Phi) is 7.45. The number of fused-ring (bicyclic) bond motifs is 5. The Bertz CT molecular complexity index is 767. The molecule has 0 saturated heterocycles. The zero-order valence-electron chi connectivity index (χ0n) is 22.2. The van der Waals surface area contributed by atoms with Crippen LogP contribution in [0.5, 0.6) is 0 Å². The molecule has 0 aliphatic heterocycles. The van der Waals surface area contributed by atoms with E-state index in [0.717, 1.165) is 37.0 Å². The Morgan fingerprint density at radius 2 is 1.62 bits per heavy atom. The van der Waals surface area contributed by atoms with Crippen LogP contribution in [0.4, 0.5) is 0 Å². The number of carboxylic acid groups (broad SMARTS) is 1. The number of carboxylic acids is 1. The fraction of sp³-hybridized carbons (Fsp3) is 0.931. The van der Waals surface area contributed by atoms with Gasteiger partial charge in [0, 0.05) is 6.42 Å². The Morgan fingerprint density at radius 3 is 2.29 bits per heavy atom. The number of nitrogens with one attached hydrogen (secondary N) is 1. The van der Waals surface area contributed by atoms with Crippen molar-refractivity contribution in [1.29, 1.82) is 0 Å². The van der Waals surface area contributed by atoms with Crippen LogP contribution in [0.15, 0.2) is 0 Å². The molecule has 0 aromatic carbocycles. The maximum absolute atomic E-state index is 12.5. The number of hydrogen-bond acceptors (Lipinski definition) is 3. The normalized spacial score (nSPS) is 43.4. The molecule has 0 spiro atoms. The number of aliphatic carboxylic acids is 1. The van der Waals surface area contributed by atoms with E-state index in [2.05, 4.69) is 26.1 Å². The number of carbonyl (C=O) groups excluding carboxylic acids is 1. The van der Waals surface area contributed by atoms with E-state index in [-0.39, 0.29) is 17.9 Å². The van der Waals surface area contributed by atoms with E-state index in [0.29, 0.717) is 35.0 Å². The summed E-state index contributed by atoms with van der Waals surface area (Å²) < 4.78 is 0. The van der Waals surface area contributed by atoms with Crippen LogP contribution in [0.3, 0.4) is 0 Å². The van der Waals surface area contributed by atoms with Crippen molar-refractivity contribution in [1.82, 2.24) is 5.32 Å². The maximum atomic E-state index is 12.5. The highest BCUT2D eigenvalue weighted by Gasteiger charge is 2.60. The van der Waals surface area contributed by atoms with E-state index >= 15 is 0 Å². The standard InChI is InChI=1S/C29H49NO4/c1-17(2)26(27(33)34)30-25(32)11-6-18(3)22-9-10-23-21-8-7-19-16-20(31)12-14-28(19,4)24(21)13-15-29(22,23)5/h17-24,26,31H,6-16H2,1-5H3,(H,30,32)(H,33,34)/t18-,19-,20-,21+,22-,23?,24+,26+,28+,29-/m1/s1. The Morgan fingerprint density at radius 1 is 0.941 bits per heavy atom. The predicted octanol–water partition coefficient (Wildman–Crippen LogP) is 5.65. The zero-order chi connectivity index (χ0) is 24.8. The highest BCUT2D eigenvalue weighted by Crippen LogP contribution is 2.68. The molecule has 4 saturated carbocycles. The van der Waals surface area contributed by atoms with Gasteiger partial charge < -0.3 is 15.5 Å². The third-order valence-corrected chi connectivity index (χ3v) is 11.5. The second kappa shape index (κ2) is 9.75. The molecule has 0 aromatic rings. The summed E-state index contributed by atoms with van der Waals surface area (Å²) in [6, 6.07) is -0.802. The molecule has 0 aromatic heterocycles. The van der Waals surface area contributed by atoms with Crippen LogP contribution in [-0.2, 0) is 9.59 Å². The van der Waals surface area contributed by atoms with Gasteiger partial charge in [-0.05, 0) is 116 Å². The smallest absolute Gasteiger partial charge is 0.326 e. The number of hydrogen-bond donors (Lipinski definition) is 3. The molecule has 1 unspecified atom stereocenters. The third-order valence-electron chi connectivity index (χ3n) is 11.5. The minimum Gasteiger partial charge on any atom is -0.480 e. The number of aliphatic hydroxyl groups excluding tert-OH is 1. The van der Waals surface area contributed by atoms with Crippen LogP contribution in [-0.4, -0.2) is 34.2 Å². The maximum Gasteiger partial charge on any atom is 0.326 e. The zero-order valence-corrected chi connectivity index (χ0v) is 22.2. The highest BCUT2D eigenvalue weighted by atomic mass is 16.4. The average molecular weight is 476 g/mol. The van der Waals surface area contributed by atoms with Gasteiger partial charge in [0.15, 0.2) is 0 Å². The van der Waals surface area contributed by atoms with Crippen LogP contribution in [0.1, 0.15) is 105 Å². The van der Waals surface area contributed by atoms with E-state index in [1.165, 1.54) is 44.9 Å². The van der Waals surface area contributed by atoms with Gasteiger partial charge in [0.25, 0.3) is 0 Å². The second-order valence-electron chi connectivity index (χ2n) is 13.5. The molecular formula is C29H49NO4. The molecule has 4 aliphatic rings. The molecule has 0 radical (unpaired) electrons. The van der Waals surface area contributed by atoms with Gasteiger partial charge in [-0.3, -0.25) is 4.79 Å². The lowest BCUT2D eigenvalue weighted by Gasteiger charge is -2.61. The summed E-state index contributed by atoms with van der Waals surface area (Å²) in [5.74, 6) is 3.11. The molecule has 5 nitrogen and oxygen atoms in total. The van der Waals surface area contributed by atoms with Crippen LogP contribution in [0, 0.1) is 52.3 Å². The van der Waals surface area contributed by atoms with Crippen molar-refractivity contribution >= 4 is 11.9 Å². The topological polar surface area (TPSA) is 86.6 Å². The third kappa shape index (κ3) is 4.55. The lowest BCUT2D eigenvalue weighted by molar-refractivity contribution is -0.143. The van der Waals surface area contributed by atoms with Crippen LogP contribution in [0.2, 0.25) is 0 Å². The van der Waals surface area contributed by atoms with E-state index in [1.807, 2.05) is 13.8 Å². The average Bonchev–Trinajstić information content (AvgIpc) is 3.13. The Labute approximate surface area is 206 Å². The number of amides is 1. The highest BCUT2D eigenvalue weighted by molar-refractivity contribution is 5.83. The first-order valence-electron chi connectivity index (χ1n) is 14.2. The summed E-state index contributed by atoms with van der Waals surface area (Å²) in [6.45, 7) is 11.1. The molecule has 0 heterocycles. The number of rotatable bonds is 7. The van der Waals surface area contributed by atoms with Crippen LogP contribution >= 0.6 is 0 Å². The van der Waals surface area contributed by atoms with Crippen LogP contribution < -0.4 is 5.32 Å². The van der Waals surface area contributed by atoms with Crippen molar-refractivity contribution in [3.8, 4) is 0 Å². The van der Waals surface area contributed by atoms with E-state index in [1.54, 1.807) is 0 Å². The summed E-state index contributed by atoms with van der Waals surface area (Å²) in [5, 5.41) is 22.4. The molecule has 4 rings (SSSR count). The van der Waals surface area contributed by atoms with E-state index < -0.39 is 12.0 Å². The first kappa shape index (κ1) is 26.0. The van der Waals surface area contributed by atoms with Gasteiger partial charge in [-0.25, -0.2) is 4.79 Å². The van der Waals surface area contributed by atoms with Gasteiger partial charge in [0.1, 0.15) is 6.04 Å². The fourth-order valence-electron chi connectivity index (χ4n) is 9.53. The first-order valence-corrected chi connectivity index (χ1v) is 14.2. The van der Waals surface area contributed by atoms with E-state index in [9.17, 15) is 19.8 Å². The summed E-state index contributed by atoms with van der Waals surface area (Å²) in [7, 11) is 0. The first-order chi connectivity index (χ1) is 16.0. The molecule has 4 fully saturated rings. The van der Waals surface area contributed by atoms with Gasteiger partial charge in [-0.15, -0.1) is 0 Å². The molecule has 3 N–H and O–H groups in total. The largest absolute Gasteiger partial charge is 0.480 e. The molecule has 34 heavy (non-hydrogen) atoms. The van der Waals surface area contributed by atoms with Gasteiger partial charge in [-0.2, -0.15) is 0 Å². The number of aliphatic hydroxyl groups is 1. The summed E-state index contributed by atoms with van der Waals surface area (Å²) in [6.07, 6.45) is 12.3. The number of carbonyl (C=O) groups is 2. The summed E-state index contributed by atoms with van der Waals surface area (Å²) in [4.78, 5) is 24.0. The lowest BCUT2D eigenvalue weighted by atomic mass is 9.44. The predicted molar refractivity (Wildman–Crippen MR) is 134 cm³/mol. The van der Waals surface area contributed by atoms with Crippen molar-refractivity contribution in [2.45, 2.75) is 117 Å². The summed E-state index contributed by atoms with van der Waals surface area (Å²) in [5.41, 5.74) is 0.790. The molecule has 5 heteroatoms. The Balaban J connectivity index is 1.38. The van der Waals surface area contributed by atoms with Crippen molar-refractivity contribution in [2.75, 3.05) is 0 Å². The summed E-state index contributed by atoms with van der Waals surface area (Å²) >= 11 is 0. The fourth-order valence-corrected chi connectivity index (χ4v) is 9.53. The quantitative estimate of drug-likeness (QED) is 0.444. The molecule has 0 bridgehead atoms. The SMILES string of the molecule is CC(C)[C@H](NC(=O)CC[C@@H](C)[C@H]1CCC2[C@@H]3CC[C@@H]4C[C@H](O)CC[C@]4(C)[C@H]3CC[C@@]21C)C(=O)O. The van der Waals surface area contributed by atoms with E-state index in [4.69, 9.17) is 0 Å². The minimum atomic E-state index is -0.949. The Hall–Kier alpha value is -1.10. The van der Waals surface area contributed by atoms with Crippen molar-refractivity contribution in [3.63, 3.8) is 0 Å². The van der Waals surface area contributed by atoms with Gasteiger partial charge in [-0.1, -0.05) is 34.6 Å². The van der Waals surface area contributed by atoms with Gasteiger partial charge in [0.05, 0.1) is 6.10 Å². The lowest BCUT2D eigenvalue weighted by Crippen LogP contribution is -2.54. The van der Waals surface area contributed by atoms with Gasteiger partial charge in [0.2, 0.25) is 5.91 Å². The minimum absolute atomic E-state index is 0.0799. The second-order valence-corrected chi connectivity index (χ2v) is 13.5. The molecule has 194 valence electrons. The molecule has 10 atom stereocenters. The molecular weight excluding hydrogens is 426 g/mol. The van der Waals surface area contributed by atoms with Crippen molar-refractivity contribution in [2.24, 2.45) is 52.3 Å². The molecule has 4 aliphatic carbocycles. The van der Waals surface area contributed by atoms with Crippen LogP contribution in [0.25, 0.3) is 0 Å². The van der Waals surface area contributed by atoms with Crippen molar-refractivity contribution < 1.29 is 19.8 Å². The monoisotopic (exact) mass is 475 g/mol.